The third-order valence-electron chi connectivity index (χ3n) is 2.58. The molecule has 0 atom stereocenters. The van der Waals surface area contributed by atoms with Crippen molar-refractivity contribution in [1.29, 1.82) is 0 Å². The van der Waals surface area contributed by atoms with Crippen molar-refractivity contribution in [3.8, 4) is 11.4 Å². The van der Waals surface area contributed by atoms with Crippen molar-refractivity contribution in [2.75, 3.05) is 6.54 Å². The Morgan fingerprint density at radius 2 is 2.17 bits per heavy atom. The molecule has 0 saturated carbocycles. The Bertz CT molecular complexity index is 489. The smallest absolute Gasteiger partial charge is 0.117 e. The summed E-state index contributed by atoms with van der Waals surface area (Å²) in [7, 11) is 1.92. The first-order chi connectivity index (χ1) is 8.66. The number of nitrogens with one attached hydrogen (secondary N) is 1. The summed E-state index contributed by atoms with van der Waals surface area (Å²) in [6.07, 6.45) is 7.13. The van der Waals surface area contributed by atoms with Crippen molar-refractivity contribution in [2.24, 2.45) is 13.0 Å². The van der Waals surface area contributed by atoms with E-state index < -0.39 is 0 Å². The number of nitrogens with zero attached hydrogens (tertiary/aromatic N) is 4. The summed E-state index contributed by atoms with van der Waals surface area (Å²) in [6.45, 7) is 6.19. The van der Waals surface area contributed by atoms with Crippen LogP contribution in [0.15, 0.2) is 24.8 Å². The third-order valence-corrected chi connectivity index (χ3v) is 2.58. The number of aromatic nitrogens is 4. The summed E-state index contributed by atoms with van der Waals surface area (Å²) >= 11 is 0. The van der Waals surface area contributed by atoms with Crippen molar-refractivity contribution >= 4 is 0 Å². The van der Waals surface area contributed by atoms with E-state index >= 15 is 0 Å². The highest BCUT2D eigenvalue weighted by atomic mass is 15.3. The molecule has 0 amide bonds. The molecule has 0 bridgehead atoms. The molecule has 0 aliphatic carbocycles. The van der Waals surface area contributed by atoms with E-state index in [0.29, 0.717) is 5.92 Å². The first kappa shape index (κ1) is 12.7. The van der Waals surface area contributed by atoms with Crippen LogP contribution in [0.5, 0.6) is 0 Å². The van der Waals surface area contributed by atoms with Gasteiger partial charge in [-0.25, -0.2) is 0 Å². The van der Waals surface area contributed by atoms with Crippen molar-refractivity contribution in [1.82, 2.24) is 25.1 Å². The van der Waals surface area contributed by atoms with E-state index in [1.165, 1.54) is 0 Å². The van der Waals surface area contributed by atoms with Gasteiger partial charge in [-0.05, 0) is 12.5 Å². The Hall–Kier alpha value is -1.75. The van der Waals surface area contributed by atoms with Crippen LogP contribution >= 0.6 is 0 Å². The molecule has 1 N–H and O–H groups in total. The molecule has 0 saturated heterocycles. The van der Waals surface area contributed by atoms with Gasteiger partial charge in [0, 0.05) is 37.7 Å². The van der Waals surface area contributed by atoms with Gasteiger partial charge in [0.15, 0.2) is 0 Å². The first-order valence-corrected chi connectivity index (χ1v) is 6.16. The second kappa shape index (κ2) is 5.73. The number of aryl methyl sites for hydroxylation is 1. The van der Waals surface area contributed by atoms with Crippen LogP contribution in [0.2, 0.25) is 0 Å². The number of hydrogen-bond donors (Lipinski definition) is 1. The molecule has 18 heavy (non-hydrogen) atoms. The molecule has 2 heterocycles. The van der Waals surface area contributed by atoms with Gasteiger partial charge in [0.05, 0.1) is 6.20 Å². The highest BCUT2D eigenvalue weighted by Crippen LogP contribution is 2.18. The summed E-state index contributed by atoms with van der Waals surface area (Å²) in [5, 5.41) is 7.88. The van der Waals surface area contributed by atoms with E-state index in [1.54, 1.807) is 18.6 Å². The predicted molar refractivity (Wildman–Crippen MR) is 70.8 cm³/mol. The molecule has 96 valence electrons. The Kier molecular flexibility index (Phi) is 4.04. The van der Waals surface area contributed by atoms with E-state index in [4.69, 9.17) is 0 Å². The van der Waals surface area contributed by atoms with E-state index in [0.717, 1.165) is 30.0 Å². The molecular weight excluding hydrogens is 226 g/mol. The molecule has 0 aliphatic rings. The second-order valence-corrected chi connectivity index (χ2v) is 4.79. The summed E-state index contributed by atoms with van der Waals surface area (Å²) in [5.41, 5.74) is 2.87. The van der Waals surface area contributed by atoms with Crippen LogP contribution in [0.3, 0.4) is 0 Å². The standard InChI is InChI=1S/C13H19N5/c1-10(2)6-15-7-11-9-18(3)17-13(11)12-8-14-4-5-16-12/h4-5,8-10,15H,6-7H2,1-3H3. The van der Waals surface area contributed by atoms with Gasteiger partial charge in [0.25, 0.3) is 0 Å². The maximum absolute atomic E-state index is 4.45. The SMILES string of the molecule is CC(C)CNCc1cn(C)nc1-c1cnccn1. The molecule has 2 aromatic rings. The van der Waals surface area contributed by atoms with Gasteiger partial charge < -0.3 is 5.32 Å². The van der Waals surface area contributed by atoms with E-state index in [1.807, 2.05) is 17.9 Å². The van der Waals surface area contributed by atoms with Gasteiger partial charge >= 0.3 is 0 Å². The van der Waals surface area contributed by atoms with Crippen LogP contribution < -0.4 is 5.32 Å². The summed E-state index contributed by atoms with van der Waals surface area (Å²) in [6, 6.07) is 0. The van der Waals surface area contributed by atoms with Gasteiger partial charge in [-0.1, -0.05) is 13.8 Å². The minimum atomic E-state index is 0.640. The molecule has 5 nitrogen and oxygen atoms in total. The minimum absolute atomic E-state index is 0.640. The van der Waals surface area contributed by atoms with Crippen LogP contribution in [0.1, 0.15) is 19.4 Å². The molecule has 0 radical (unpaired) electrons. The van der Waals surface area contributed by atoms with Crippen LogP contribution in [-0.2, 0) is 13.6 Å². The molecule has 2 aromatic heterocycles. The molecule has 0 spiro atoms. The third kappa shape index (κ3) is 3.13. The van der Waals surface area contributed by atoms with Crippen LogP contribution in [0.25, 0.3) is 11.4 Å². The lowest BCUT2D eigenvalue weighted by Gasteiger charge is -2.06. The van der Waals surface area contributed by atoms with Gasteiger partial charge in [0.2, 0.25) is 0 Å². The van der Waals surface area contributed by atoms with Crippen molar-refractivity contribution in [3.63, 3.8) is 0 Å². The molecule has 0 aliphatic heterocycles. The van der Waals surface area contributed by atoms with Gasteiger partial charge in [-0.3, -0.25) is 14.6 Å². The molecule has 0 unspecified atom stereocenters. The predicted octanol–water partition coefficient (Wildman–Crippen LogP) is 1.62. The van der Waals surface area contributed by atoms with Crippen molar-refractivity contribution in [2.45, 2.75) is 20.4 Å². The fourth-order valence-corrected chi connectivity index (χ4v) is 1.80. The van der Waals surface area contributed by atoms with E-state index in [2.05, 4.69) is 34.2 Å². The molecule has 2 rings (SSSR count). The lowest BCUT2D eigenvalue weighted by atomic mass is 10.2. The zero-order valence-corrected chi connectivity index (χ0v) is 11.1. The molecule has 5 heteroatoms. The average Bonchev–Trinajstić information content (AvgIpc) is 2.71. The highest BCUT2D eigenvalue weighted by molar-refractivity contribution is 5.56. The summed E-state index contributed by atoms with van der Waals surface area (Å²) in [4.78, 5) is 8.39. The second-order valence-electron chi connectivity index (χ2n) is 4.79. The lowest BCUT2D eigenvalue weighted by molar-refractivity contribution is 0.552. The van der Waals surface area contributed by atoms with Crippen LogP contribution in [-0.4, -0.2) is 26.3 Å². The summed E-state index contributed by atoms with van der Waals surface area (Å²) in [5.74, 6) is 0.640. The minimum Gasteiger partial charge on any atom is -0.312 e. The van der Waals surface area contributed by atoms with Crippen LogP contribution in [0.4, 0.5) is 0 Å². The normalized spacial score (nSPS) is 11.1. The first-order valence-electron chi connectivity index (χ1n) is 6.16. The molecular formula is C13H19N5. The fourth-order valence-electron chi connectivity index (χ4n) is 1.80. The average molecular weight is 245 g/mol. The van der Waals surface area contributed by atoms with Gasteiger partial charge in [-0.2, -0.15) is 5.10 Å². The maximum atomic E-state index is 4.45. The Balaban J connectivity index is 2.16. The van der Waals surface area contributed by atoms with Crippen LogP contribution in [0, 0.1) is 5.92 Å². The van der Waals surface area contributed by atoms with E-state index in [-0.39, 0.29) is 0 Å². The van der Waals surface area contributed by atoms with Gasteiger partial charge in [0.1, 0.15) is 11.4 Å². The zero-order valence-electron chi connectivity index (χ0n) is 11.1. The van der Waals surface area contributed by atoms with E-state index in [9.17, 15) is 0 Å². The highest BCUT2D eigenvalue weighted by Gasteiger charge is 2.11. The molecule has 0 fully saturated rings. The van der Waals surface area contributed by atoms with Gasteiger partial charge in [-0.15, -0.1) is 0 Å². The lowest BCUT2D eigenvalue weighted by Crippen LogP contribution is -2.19. The molecule has 0 aromatic carbocycles. The maximum Gasteiger partial charge on any atom is 0.117 e. The zero-order chi connectivity index (χ0) is 13.0. The number of hydrogen-bond acceptors (Lipinski definition) is 4. The Morgan fingerprint density at radius 3 is 2.83 bits per heavy atom. The topological polar surface area (TPSA) is 55.6 Å². The largest absolute Gasteiger partial charge is 0.312 e. The Labute approximate surface area is 107 Å². The Morgan fingerprint density at radius 1 is 1.33 bits per heavy atom. The fraction of sp³-hybridized carbons (Fsp3) is 0.462. The number of rotatable bonds is 5. The van der Waals surface area contributed by atoms with Crippen molar-refractivity contribution < 1.29 is 0 Å². The monoisotopic (exact) mass is 245 g/mol. The quantitative estimate of drug-likeness (QED) is 0.869. The van der Waals surface area contributed by atoms with Crippen molar-refractivity contribution in [3.05, 3.63) is 30.4 Å². The summed E-state index contributed by atoms with van der Waals surface area (Å²) < 4.78 is 1.82.